The molecule has 8 heteroatoms. The Balaban J connectivity index is 1.52. The third-order valence-electron chi connectivity index (χ3n) is 3.60. The molecule has 0 bridgehead atoms. The van der Waals surface area contributed by atoms with Crippen molar-refractivity contribution >= 4 is 22.4 Å². The quantitative estimate of drug-likeness (QED) is 0.916. The van der Waals surface area contributed by atoms with Crippen molar-refractivity contribution in [2.45, 2.75) is 32.1 Å². The molecule has 0 saturated carbocycles. The maximum absolute atomic E-state index is 12.2. The Hall–Kier alpha value is -1.96. The Morgan fingerprint density at radius 2 is 2.43 bits per heavy atom. The van der Waals surface area contributed by atoms with Crippen LogP contribution in [-0.4, -0.2) is 39.0 Å². The molecule has 1 aliphatic heterocycles. The smallest absolute Gasteiger partial charge is 0.231 e. The summed E-state index contributed by atoms with van der Waals surface area (Å²) in [5, 5.41) is 6.25. The molecular formula is C13H17N5O2S. The standard InChI is InChI=1S/C13H17N5O2S/c1-8-15-12(20-17-8)9-4-5-18(6-9)11(19)3-2-10-7-21-13(14)16-10/h7,9H,2-6H2,1H3,(H2,14,16)/t9-/m1/s1. The second-order valence-corrected chi connectivity index (χ2v) is 6.07. The first-order valence-corrected chi connectivity index (χ1v) is 7.77. The normalized spacial score (nSPS) is 18.3. The van der Waals surface area contributed by atoms with Gasteiger partial charge in [0.05, 0.1) is 11.6 Å². The van der Waals surface area contributed by atoms with E-state index in [1.54, 1.807) is 6.92 Å². The largest absolute Gasteiger partial charge is 0.375 e. The fraction of sp³-hybridized carbons (Fsp3) is 0.538. The number of aromatic nitrogens is 3. The number of anilines is 1. The summed E-state index contributed by atoms with van der Waals surface area (Å²) in [5.41, 5.74) is 6.46. The van der Waals surface area contributed by atoms with Crippen LogP contribution in [-0.2, 0) is 11.2 Å². The summed E-state index contributed by atoms with van der Waals surface area (Å²) in [6.45, 7) is 3.19. The average molecular weight is 307 g/mol. The van der Waals surface area contributed by atoms with Crippen LogP contribution in [0.5, 0.6) is 0 Å². The van der Waals surface area contributed by atoms with E-state index < -0.39 is 0 Å². The van der Waals surface area contributed by atoms with Gasteiger partial charge in [-0.2, -0.15) is 4.98 Å². The highest BCUT2D eigenvalue weighted by Gasteiger charge is 2.30. The van der Waals surface area contributed by atoms with E-state index in [1.807, 2.05) is 10.3 Å². The third-order valence-corrected chi connectivity index (χ3v) is 4.32. The monoisotopic (exact) mass is 307 g/mol. The Bertz CT molecular complexity index is 638. The van der Waals surface area contributed by atoms with Crippen LogP contribution >= 0.6 is 11.3 Å². The van der Waals surface area contributed by atoms with Crippen LogP contribution in [0.4, 0.5) is 5.13 Å². The summed E-state index contributed by atoms with van der Waals surface area (Å²) >= 11 is 1.40. The molecule has 2 aromatic heterocycles. The third kappa shape index (κ3) is 3.21. The molecule has 2 N–H and O–H groups in total. The zero-order valence-electron chi connectivity index (χ0n) is 11.8. The molecule has 0 aliphatic carbocycles. The van der Waals surface area contributed by atoms with Crippen LogP contribution in [0.2, 0.25) is 0 Å². The Kier molecular flexibility index (Phi) is 3.87. The Labute approximate surface area is 126 Å². The first-order valence-electron chi connectivity index (χ1n) is 6.89. The van der Waals surface area contributed by atoms with Gasteiger partial charge in [0.2, 0.25) is 11.8 Å². The molecule has 2 aromatic rings. The van der Waals surface area contributed by atoms with E-state index >= 15 is 0 Å². The van der Waals surface area contributed by atoms with Crippen molar-refractivity contribution in [3.05, 3.63) is 22.8 Å². The maximum Gasteiger partial charge on any atom is 0.231 e. The fourth-order valence-electron chi connectivity index (χ4n) is 2.50. The number of thiazole rings is 1. The van der Waals surface area contributed by atoms with Gasteiger partial charge >= 0.3 is 0 Å². The van der Waals surface area contributed by atoms with Crippen LogP contribution in [0, 0.1) is 6.92 Å². The topological polar surface area (TPSA) is 98.1 Å². The van der Waals surface area contributed by atoms with Crippen LogP contribution in [0.15, 0.2) is 9.90 Å². The molecule has 1 fully saturated rings. The van der Waals surface area contributed by atoms with Crippen molar-refractivity contribution in [1.82, 2.24) is 20.0 Å². The molecular weight excluding hydrogens is 290 g/mol. The number of carbonyl (C=O) groups is 1. The Morgan fingerprint density at radius 3 is 3.10 bits per heavy atom. The number of aryl methyl sites for hydroxylation is 2. The molecule has 0 unspecified atom stereocenters. The van der Waals surface area contributed by atoms with Crippen molar-refractivity contribution in [2.24, 2.45) is 0 Å². The van der Waals surface area contributed by atoms with Crippen molar-refractivity contribution in [2.75, 3.05) is 18.8 Å². The van der Waals surface area contributed by atoms with E-state index in [9.17, 15) is 4.79 Å². The van der Waals surface area contributed by atoms with E-state index in [-0.39, 0.29) is 11.8 Å². The molecule has 21 heavy (non-hydrogen) atoms. The second-order valence-electron chi connectivity index (χ2n) is 5.18. The lowest BCUT2D eigenvalue weighted by molar-refractivity contribution is -0.130. The van der Waals surface area contributed by atoms with Crippen molar-refractivity contribution in [3.63, 3.8) is 0 Å². The van der Waals surface area contributed by atoms with Gasteiger partial charge < -0.3 is 15.2 Å². The lowest BCUT2D eigenvalue weighted by atomic mass is 10.1. The molecule has 0 spiro atoms. The minimum atomic E-state index is 0.139. The number of carbonyl (C=O) groups excluding carboxylic acids is 1. The number of hydrogen-bond donors (Lipinski definition) is 1. The number of rotatable bonds is 4. The van der Waals surface area contributed by atoms with Gasteiger partial charge in [-0.1, -0.05) is 5.16 Å². The summed E-state index contributed by atoms with van der Waals surface area (Å²) in [4.78, 5) is 22.5. The van der Waals surface area contributed by atoms with Gasteiger partial charge in [-0.05, 0) is 19.8 Å². The van der Waals surface area contributed by atoms with E-state index in [4.69, 9.17) is 10.3 Å². The van der Waals surface area contributed by atoms with E-state index in [0.717, 1.165) is 18.7 Å². The molecule has 3 heterocycles. The maximum atomic E-state index is 12.2. The summed E-state index contributed by atoms with van der Waals surface area (Å²) in [7, 11) is 0. The van der Waals surface area contributed by atoms with Gasteiger partial charge in [0.1, 0.15) is 0 Å². The lowest BCUT2D eigenvalue weighted by Gasteiger charge is -2.15. The summed E-state index contributed by atoms with van der Waals surface area (Å²) in [5.74, 6) is 1.57. The number of nitrogens with zero attached hydrogens (tertiary/aromatic N) is 4. The number of hydrogen-bond acceptors (Lipinski definition) is 7. The van der Waals surface area contributed by atoms with Gasteiger partial charge in [0.25, 0.3) is 0 Å². The van der Waals surface area contributed by atoms with E-state index in [1.165, 1.54) is 11.3 Å². The molecule has 7 nitrogen and oxygen atoms in total. The van der Waals surface area contributed by atoms with E-state index in [2.05, 4.69) is 15.1 Å². The minimum absolute atomic E-state index is 0.139. The Morgan fingerprint density at radius 1 is 1.57 bits per heavy atom. The van der Waals surface area contributed by atoms with Crippen molar-refractivity contribution in [3.8, 4) is 0 Å². The molecule has 0 aromatic carbocycles. The van der Waals surface area contributed by atoms with Crippen molar-refractivity contribution in [1.29, 1.82) is 0 Å². The van der Waals surface area contributed by atoms with Crippen LogP contribution in [0.3, 0.4) is 0 Å². The van der Waals surface area contributed by atoms with Crippen LogP contribution < -0.4 is 5.73 Å². The highest BCUT2D eigenvalue weighted by molar-refractivity contribution is 7.13. The summed E-state index contributed by atoms with van der Waals surface area (Å²) in [6, 6.07) is 0. The summed E-state index contributed by atoms with van der Waals surface area (Å²) < 4.78 is 5.19. The predicted octanol–water partition coefficient (Wildman–Crippen LogP) is 1.37. The molecule has 1 amide bonds. The molecule has 1 aliphatic rings. The fourth-order valence-corrected chi connectivity index (χ4v) is 3.10. The van der Waals surface area contributed by atoms with Crippen LogP contribution in [0.25, 0.3) is 0 Å². The van der Waals surface area contributed by atoms with Gasteiger partial charge in [-0.3, -0.25) is 4.79 Å². The number of amides is 1. The molecule has 112 valence electrons. The molecule has 1 atom stereocenters. The lowest BCUT2D eigenvalue weighted by Crippen LogP contribution is -2.28. The highest BCUT2D eigenvalue weighted by Crippen LogP contribution is 2.26. The molecule has 0 radical (unpaired) electrons. The zero-order chi connectivity index (χ0) is 14.8. The predicted molar refractivity (Wildman–Crippen MR) is 77.8 cm³/mol. The minimum Gasteiger partial charge on any atom is -0.375 e. The van der Waals surface area contributed by atoms with Gasteiger partial charge in [0, 0.05) is 24.9 Å². The first-order chi connectivity index (χ1) is 10.1. The average Bonchev–Trinajstić information content (AvgIpc) is 3.16. The molecule has 1 saturated heterocycles. The SMILES string of the molecule is Cc1noc([C@@H]2CCN(C(=O)CCc3csc(N)n3)C2)n1. The number of nitrogen functional groups attached to an aromatic ring is 1. The summed E-state index contributed by atoms with van der Waals surface area (Å²) in [6.07, 6.45) is 1.96. The van der Waals surface area contributed by atoms with Gasteiger partial charge in [-0.25, -0.2) is 4.98 Å². The van der Waals surface area contributed by atoms with Gasteiger partial charge in [-0.15, -0.1) is 11.3 Å². The van der Waals surface area contributed by atoms with Crippen LogP contribution in [0.1, 0.15) is 36.2 Å². The van der Waals surface area contributed by atoms with Gasteiger partial charge in [0.15, 0.2) is 11.0 Å². The van der Waals surface area contributed by atoms with E-state index in [0.29, 0.717) is 36.2 Å². The number of likely N-dealkylation sites (tertiary alicyclic amines) is 1. The van der Waals surface area contributed by atoms with Crippen molar-refractivity contribution < 1.29 is 9.32 Å². The zero-order valence-corrected chi connectivity index (χ0v) is 12.6. The second kappa shape index (κ2) is 5.80. The molecule has 3 rings (SSSR count). The number of nitrogens with two attached hydrogens (primary N) is 1. The highest BCUT2D eigenvalue weighted by atomic mass is 32.1. The first kappa shape index (κ1) is 14.0.